The van der Waals surface area contributed by atoms with Crippen molar-refractivity contribution in [3.63, 3.8) is 0 Å². The Bertz CT molecular complexity index is 87.1. The first-order valence-corrected chi connectivity index (χ1v) is 4.23. The van der Waals surface area contributed by atoms with Crippen molar-refractivity contribution in [3.8, 4) is 0 Å². The maximum absolute atomic E-state index is 9.02. The van der Waals surface area contributed by atoms with E-state index in [0.29, 0.717) is 19.4 Å². The first-order chi connectivity index (χ1) is 5.33. The Balaban J connectivity index is 0. The SMILES string of the molecule is CC.O.OC[C@@H]1C[C@H](O)CCO1. The van der Waals surface area contributed by atoms with Gasteiger partial charge < -0.3 is 20.4 Å². The zero-order valence-electron chi connectivity index (χ0n) is 7.79. The Kier molecular flexibility index (Phi) is 10.7. The van der Waals surface area contributed by atoms with Gasteiger partial charge in [-0.15, -0.1) is 0 Å². The third-order valence-corrected chi connectivity index (χ3v) is 1.54. The molecule has 76 valence electrons. The molecule has 2 atom stereocenters. The van der Waals surface area contributed by atoms with Crippen molar-refractivity contribution in [2.45, 2.75) is 38.9 Å². The van der Waals surface area contributed by atoms with Crippen LogP contribution in [0.4, 0.5) is 0 Å². The van der Waals surface area contributed by atoms with Gasteiger partial charge in [-0.25, -0.2) is 0 Å². The molecule has 0 bridgehead atoms. The van der Waals surface area contributed by atoms with E-state index >= 15 is 0 Å². The van der Waals surface area contributed by atoms with Gasteiger partial charge in [-0.05, 0) is 6.42 Å². The minimum absolute atomic E-state index is 0. The number of hydrogen-bond donors (Lipinski definition) is 2. The van der Waals surface area contributed by atoms with Crippen molar-refractivity contribution < 1.29 is 20.4 Å². The first-order valence-electron chi connectivity index (χ1n) is 4.23. The lowest BCUT2D eigenvalue weighted by atomic mass is 10.1. The highest BCUT2D eigenvalue weighted by molar-refractivity contribution is 4.68. The molecule has 1 fully saturated rings. The van der Waals surface area contributed by atoms with Crippen molar-refractivity contribution in [1.29, 1.82) is 0 Å². The molecule has 1 aliphatic rings. The molecule has 12 heavy (non-hydrogen) atoms. The van der Waals surface area contributed by atoms with Gasteiger partial charge in [0.25, 0.3) is 0 Å². The minimum Gasteiger partial charge on any atom is -0.412 e. The monoisotopic (exact) mass is 180 g/mol. The lowest BCUT2D eigenvalue weighted by molar-refractivity contribution is -0.0642. The minimum atomic E-state index is -0.268. The van der Waals surface area contributed by atoms with Crippen LogP contribution in [0.1, 0.15) is 26.7 Å². The van der Waals surface area contributed by atoms with Crippen LogP contribution in [0.25, 0.3) is 0 Å². The van der Waals surface area contributed by atoms with Crippen LogP contribution in [0.3, 0.4) is 0 Å². The van der Waals surface area contributed by atoms with E-state index in [1.807, 2.05) is 13.8 Å². The second kappa shape index (κ2) is 8.93. The van der Waals surface area contributed by atoms with Crippen LogP contribution in [-0.4, -0.2) is 41.1 Å². The molecule has 0 aromatic rings. The smallest absolute Gasteiger partial charge is 0.0830 e. The molecule has 0 aromatic heterocycles. The molecule has 1 aliphatic heterocycles. The third-order valence-electron chi connectivity index (χ3n) is 1.54. The summed E-state index contributed by atoms with van der Waals surface area (Å²) in [6.07, 6.45) is 0.886. The van der Waals surface area contributed by atoms with Crippen molar-refractivity contribution in [3.05, 3.63) is 0 Å². The largest absolute Gasteiger partial charge is 0.412 e. The van der Waals surface area contributed by atoms with Gasteiger partial charge in [0.2, 0.25) is 0 Å². The Hall–Kier alpha value is -0.160. The molecule has 0 saturated carbocycles. The van der Waals surface area contributed by atoms with E-state index in [9.17, 15) is 0 Å². The summed E-state index contributed by atoms with van der Waals surface area (Å²) in [7, 11) is 0. The van der Waals surface area contributed by atoms with Crippen LogP contribution in [-0.2, 0) is 4.74 Å². The van der Waals surface area contributed by atoms with E-state index in [-0.39, 0.29) is 24.3 Å². The number of aliphatic hydroxyl groups excluding tert-OH is 2. The lowest BCUT2D eigenvalue weighted by Crippen LogP contribution is -2.31. The molecule has 4 heteroatoms. The first kappa shape index (κ1) is 14.4. The quantitative estimate of drug-likeness (QED) is 0.582. The summed E-state index contributed by atoms with van der Waals surface area (Å²) in [5, 5.41) is 17.6. The van der Waals surface area contributed by atoms with Crippen molar-refractivity contribution in [2.24, 2.45) is 0 Å². The maximum atomic E-state index is 9.02. The van der Waals surface area contributed by atoms with Crippen LogP contribution in [0.15, 0.2) is 0 Å². The van der Waals surface area contributed by atoms with E-state index in [4.69, 9.17) is 14.9 Å². The normalized spacial score (nSPS) is 28.0. The summed E-state index contributed by atoms with van der Waals surface area (Å²) >= 11 is 0. The predicted octanol–water partition coefficient (Wildman–Crippen LogP) is -0.280. The molecule has 1 heterocycles. The van der Waals surface area contributed by atoms with Crippen LogP contribution in [0.2, 0.25) is 0 Å². The molecular weight excluding hydrogens is 160 g/mol. The van der Waals surface area contributed by atoms with Crippen molar-refractivity contribution in [2.75, 3.05) is 13.2 Å². The molecule has 0 aromatic carbocycles. The highest BCUT2D eigenvalue weighted by Crippen LogP contribution is 2.12. The molecule has 0 aliphatic carbocycles. The fourth-order valence-electron chi connectivity index (χ4n) is 0.987. The van der Waals surface area contributed by atoms with E-state index in [0.717, 1.165) is 0 Å². The Labute approximate surface area is 73.5 Å². The van der Waals surface area contributed by atoms with Crippen molar-refractivity contribution in [1.82, 2.24) is 0 Å². The van der Waals surface area contributed by atoms with Gasteiger partial charge in [-0.1, -0.05) is 13.8 Å². The fraction of sp³-hybridized carbons (Fsp3) is 1.00. The van der Waals surface area contributed by atoms with Gasteiger partial charge in [0.1, 0.15) is 0 Å². The van der Waals surface area contributed by atoms with Gasteiger partial charge in [0.15, 0.2) is 0 Å². The van der Waals surface area contributed by atoms with Crippen LogP contribution in [0, 0.1) is 0 Å². The average Bonchev–Trinajstić information content (AvgIpc) is 2.08. The van der Waals surface area contributed by atoms with Crippen LogP contribution < -0.4 is 0 Å². The fourth-order valence-corrected chi connectivity index (χ4v) is 0.987. The second-order valence-corrected chi connectivity index (χ2v) is 2.35. The maximum Gasteiger partial charge on any atom is 0.0830 e. The van der Waals surface area contributed by atoms with Crippen LogP contribution in [0.5, 0.6) is 0 Å². The molecule has 1 saturated heterocycles. The van der Waals surface area contributed by atoms with Gasteiger partial charge in [0, 0.05) is 13.0 Å². The third kappa shape index (κ3) is 5.49. The highest BCUT2D eigenvalue weighted by Gasteiger charge is 2.19. The molecule has 1 rings (SSSR count). The summed E-state index contributed by atoms with van der Waals surface area (Å²) in [6, 6.07) is 0. The molecule has 0 amide bonds. The number of rotatable bonds is 1. The summed E-state index contributed by atoms with van der Waals surface area (Å²) in [4.78, 5) is 0. The Morgan fingerprint density at radius 1 is 1.42 bits per heavy atom. The topological polar surface area (TPSA) is 81.2 Å². The zero-order chi connectivity index (χ0) is 8.69. The Morgan fingerprint density at radius 3 is 2.33 bits per heavy atom. The molecule has 0 radical (unpaired) electrons. The lowest BCUT2D eigenvalue weighted by Gasteiger charge is -2.24. The molecule has 0 spiro atoms. The highest BCUT2D eigenvalue weighted by atomic mass is 16.5. The van der Waals surface area contributed by atoms with Gasteiger partial charge in [-0.3, -0.25) is 0 Å². The van der Waals surface area contributed by atoms with E-state index in [1.54, 1.807) is 0 Å². The summed E-state index contributed by atoms with van der Waals surface area (Å²) < 4.78 is 5.09. The second-order valence-electron chi connectivity index (χ2n) is 2.35. The standard InChI is InChI=1S/C6H12O3.C2H6.H2O/c7-4-6-3-5(8)1-2-9-6;1-2;/h5-8H,1-4H2;1-2H3;1H2/t5-,6+;;/m1../s1. The summed E-state index contributed by atoms with van der Waals surface area (Å²) in [6.45, 7) is 4.60. The Morgan fingerprint density at radius 2 is 2.00 bits per heavy atom. The van der Waals surface area contributed by atoms with E-state index in [1.165, 1.54) is 0 Å². The zero-order valence-corrected chi connectivity index (χ0v) is 7.79. The summed E-state index contributed by atoms with van der Waals surface area (Å²) in [5.74, 6) is 0. The number of aliphatic hydroxyl groups is 2. The van der Waals surface area contributed by atoms with E-state index in [2.05, 4.69) is 0 Å². The summed E-state index contributed by atoms with van der Waals surface area (Å²) in [5.41, 5.74) is 0. The molecule has 4 nitrogen and oxygen atoms in total. The molecule has 4 N–H and O–H groups in total. The van der Waals surface area contributed by atoms with Crippen molar-refractivity contribution >= 4 is 0 Å². The van der Waals surface area contributed by atoms with E-state index < -0.39 is 0 Å². The average molecular weight is 180 g/mol. The van der Waals surface area contributed by atoms with Gasteiger partial charge >= 0.3 is 0 Å². The number of ether oxygens (including phenoxy) is 1. The predicted molar refractivity (Wildman–Crippen MR) is 47.0 cm³/mol. The molecule has 0 unspecified atom stereocenters. The van der Waals surface area contributed by atoms with Crippen LogP contribution >= 0.6 is 0 Å². The van der Waals surface area contributed by atoms with Gasteiger partial charge in [0.05, 0.1) is 18.8 Å². The molecular formula is C8H20O4. The number of hydrogen-bond acceptors (Lipinski definition) is 3. The van der Waals surface area contributed by atoms with Gasteiger partial charge in [-0.2, -0.15) is 0 Å².